The maximum atomic E-state index is 8.89. The third-order valence-corrected chi connectivity index (χ3v) is 4.30. The number of hydrogen-bond acceptors (Lipinski definition) is 3. The molecule has 1 saturated carbocycles. The summed E-state index contributed by atoms with van der Waals surface area (Å²) in [5.41, 5.74) is -0.176. The van der Waals surface area contributed by atoms with Crippen LogP contribution in [0.2, 0.25) is 0 Å². The second kappa shape index (κ2) is 5.77. The highest BCUT2D eigenvalue weighted by atomic mass is 32.2. The number of nitrogens with zero attached hydrogens (tertiary/aromatic N) is 1. The van der Waals surface area contributed by atoms with Crippen molar-refractivity contribution in [1.82, 2.24) is 5.32 Å². The molecule has 0 spiro atoms. The molecule has 0 bridgehead atoms. The van der Waals surface area contributed by atoms with E-state index in [9.17, 15) is 0 Å². The number of hydrogen-bond donors (Lipinski definition) is 1. The summed E-state index contributed by atoms with van der Waals surface area (Å²) in [6.07, 6.45) is 7.10. The van der Waals surface area contributed by atoms with Crippen molar-refractivity contribution in [3.63, 3.8) is 0 Å². The van der Waals surface area contributed by atoms with Crippen molar-refractivity contribution >= 4 is 11.8 Å². The SMILES string of the molecule is CSC1CCC(NCCC(C)(C)C#N)C1. The zero-order chi connectivity index (χ0) is 11.3. The van der Waals surface area contributed by atoms with Crippen molar-refractivity contribution in [1.29, 1.82) is 5.26 Å². The van der Waals surface area contributed by atoms with Crippen LogP contribution in [0.15, 0.2) is 0 Å². The average molecular weight is 226 g/mol. The summed E-state index contributed by atoms with van der Waals surface area (Å²) >= 11 is 1.99. The molecule has 0 radical (unpaired) electrons. The normalized spacial score (nSPS) is 26.5. The minimum absolute atomic E-state index is 0.176. The van der Waals surface area contributed by atoms with E-state index in [-0.39, 0.29) is 5.41 Å². The van der Waals surface area contributed by atoms with Gasteiger partial charge in [-0.15, -0.1) is 0 Å². The molecule has 0 saturated heterocycles. The molecule has 0 aromatic rings. The highest BCUT2D eigenvalue weighted by Gasteiger charge is 2.24. The van der Waals surface area contributed by atoms with E-state index in [1.54, 1.807) is 0 Å². The van der Waals surface area contributed by atoms with Crippen LogP contribution in [0.1, 0.15) is 39.5 Å². The largest absolute Gasteiger partial charge is 0.314 e. The first-order valence-electron chi connectivity index (χ1n) is 5.75. The van der Waals surface area contributed by atoms with Crippen LogP contribution in [0, 0.1) is 16.7 Å². The van der Waals surface area contributed by atoms with Gasteiger partial charge in [0.15, 0.2) is 0 Å². The molecule has 0 heterocycles. The van der Waals surface area contributed by atoms with E-state index in [0.717, 1.165) is 18.2 Å². The first kappa shape index (κ1) is 12.9. The number of thioether (sulfide) groups is 1. The molecule has 3 heteroatoms. The van der Waals surface area contributed by atoms with E-state index in [1.165, 1.54) is 19.3 Å². The van der Waals surface area contributed by atoms with Crippen LogP contribution < -0.4 is 5.32 Å². The second-order valence-electron chi connectivity index (χ2n) is 5.07. The van der Waals surface area contributed by atoms with Crippen molar-refractivity contribution in [2.24, 2.45) is 5.41 Å². The van der Waals surface area contributed by atoms with E-state index in [2.05, 4.69) is 17.6 Å². The monoisotopic (exact) mass is 226 g/mol. The van der Waals surface area contributed by atoms with Crippen LogP contribution >= 0.6 is 11.8 Å². The summed E-state index contributed by atoms with van der Waals surface area (Å²) in [6, 6.07) is 3.03. The smallest absolute Gasteiger partial charge is 0.0684 e. The molecule has 1 aliphatic rings. The van der Waals surface area contributed by atoms with Gasteiger partial charge in [-0.05, 0) is 52.3 Å². The third-order valence-electron chi connectivity index (χ3n) is 3.20. The predicted octanol–water partition coefficient (Wildman–Crippen LogP) is 2.80. The summed E-state index contributed by atoms with van der Waals surface area (Å²) in [5, 5.41) is 13.3. The first-order chi connectivity index (χ1) is 7.07. The Morgan fingerprint density at radius 3 is 2.73 bits per heavy atom. The van der Waals surface area contributed by atoms with E-state index >= 15 is 0 Å². The molecule has 0 aromatic heterocycles. The van der Waals surface area contributed by atoms with Crippen LogP contribution in [0.25, 0.3) is 0 Å². The Kier molecular flexibility index (Phi) is 4.95. The lowest BCUT2D eigenvalue weighted by molar-refractivity contribution is 0.408. The Labute approximate surface area is 97.8 Å². The van der Waals surface area contributed by atoms with Gasteiger partial charge in [0.2, 0.25) is 0 Å². The highest BCUT2D eigenvalue weighted by molar-refractivity contribution is 7.99. The maximum absolute atomic E-state index is 8.89. The van der Waals surface area contributed by atoms with Gasteiger partial charge >= 0.3 is 0 Å². The summed E-state index contributed by atoms with van der Waals surface area (Å²) < 4.78 is 0. The van der Waals surface area contributed by atoms with Gasteiger partial charge in [-0.1, -0.05) is 0 Å². The fourth-order valence-corrected chi connectivity index (χ4v) is 2.78. The summed E-state index contributed by atoms with van der Waals surface area (Å²) in [5.74, 6) is 0. The van der Waals surface area contributed by atoms with Gasteiger partial charge in [0.1, 0.15) is 0 Å². The second-order valence-corrected chi connectivity index (χ2v) is 6.21. The predicted molar refractivity (Wildman–Crippen MR) is 67.0 cm³/mol. The standard InChI is InChI=1S/C12H22N2S/c1-12(2,9-13)6-7-14-10-4-5-11(8-10)15-3/h10-11,14H,4-8H2,1-3H3. The minimum Gasteiger partial charge on any atom is -0.314 e. The third kappa shape index (κ3) is 4.44. The highest BCUT2D eigenvalue weighted by Crippen LogP contribution is 2.28. The molecule has 0 aromatic carbocycles. The van der Waals surface area contributed by atoms with E-state index in [4.69, 9.17) is 5.26 Å². The molecule has 1 N–H and O–H groups in total. The molecule has 1 aliphatic carbocycles. The van der Waals surface area contributed by atoms with Gasteiger partial charge in [0.25, 0.3) is 0 Å². The van der Waals surface area contributed by atoms with E-state index in [1.807, 2.05) is 25.6 Å². The topological polar surface area (TPSA) is 35.8 Å². The quantitative estimate of drug-likeness (QED) is 0.783. The molecule has 0 aliphatic heterocycles. The van der Waals surface area contributed by atoms with Gasteiger partial charge in [-0.2, -0.15) is 17.0 Å². The van der Waals surface area contributed by atoms with Crippen molar-refractivity contribution in [2.45, 2.75) is 50.8 Å². The van der Waals surface area contributed by atoms with Crippen LogP contribution in [-0.4, -0.2) is 24.1 Å². The van der Waals surface area contributed by atoms with Crippen LogP contribution in [-0.2, 0) is 0 Å². The fourth-order valence-electron chi connectivity index (χ4n) is 1.98. The Hall–Kier alpha value is -0.200. The van der Waals surface area contributed by atoms with Crippen molar-refractivity contribution in [3.8, 4) is 6.07 Å². The molecule has 1 fully saturated rings. The van der Waals surface area contributed by atoms with Gasteiger partial charge in [-0.25, -0.2) is 0 Å². The minimum atomic E-state index is -0.176. The average Bonchev–Trinajstić information content (AvgIpc) is 2.66. The van der Waals surface area contributed by atoms with Gasteiger partial charge in [0, 0.05) is 11.3 Å². The Morgan fingerprint density at radius 1 is 1.47 bits per heavy atom. The Bertz CT molecular complexity index is 232. The molecule has 15 heavy (non-hydrogen) atoms. The molecule has 2 atom stereocenters. The molecular formula is C12H22N2S. The number of nitrogens with one attached hydrogen (secondary N) is 1. The van der Waals surface area contributed by atoms with Crippen molar-refractivity contribution in [3.05, 3.63) is 0 Å². The lowest BCUT2D eigenvalue weighted by atomic mass is 9.91. The van der Waals surface area contributed by atoms with Gasteiger partial charge in [-0.3, -0.25) is 0 Å². The molecular weight excluding hydrogens is 204 g/mol. The van der Waals surface area contributed by atoms with Gasteiger partial charge < -0.3 is 5.32 Å². The maximum Gasteiger partial charge on any atom is 0.0684 e. The van der Waals surface area contributed by atoms with Crippen molar-refractivity contribution < 1.29 is 0 Å². The Balaban J connectivity index is 2.14. The molecule has 86 valence electrons. The van der Waals surface area contributed by atoms with Crippen LogP contribution in [0.5, 0.6) is 0 Å². The van der Waals surface area contributed by atoms with E-state index < -0.39 is 0 Å². The van der Waals surface area contributed by atoms with E-state index in [0.29, 0.717) is 6.04 Å². The molecule has 2 nitrogen and oxygen atoms in total. The molecule has 1 rings (SSSR count). The Morgan fingerprint density at radius 2 is 2.20 bits per heavy atom. The van der Waals surface area contributed by atoms with Crippen LogP contribution in [0.3, 0.4) is 0 Å². The number of nitriles is 1. The summed E-state index contributed by atoms with van der Waals surface area (Å²) in [4.78, 5) is 0. The van der Waals surface area contributed by atoms with Gasteiger partial charge in [0.05, 0.1) is 11.5 Å². The fraction of sp³-hybridized carbons (Fsp3) is 0.917. The lowest BCUT2D eigenvalue weighted by Crippen LogP contribution is -2.30. The summed E-state index contributed by atoms with van der Waals surface area (Å²) in [6.45, 7) is 4.99. The molecule has 2 unspecified atom stereocenters. The zero-order valence-corrected chi connectivity index (χ0v) is 10.9. The van der Waals surface area contributed by atoms with Crippen molar-refractivity contribution in [2.75, 3.05) is 12.8 Å². The number of rotatable bonds is 5. The molecule has 0 amide bonds. The zero-order valence-electron chi connectivity index (χ0n) is 10.0. The summed E-state index contributed by atoms with van der Waals surface area (Å²) in [7, 11) is 0. The lowest BCUT2D eigenvalue weighted by Gasteiger charge is -2.18. The van der Waals surface area contributed by atoms with Crippen LogP contribution in [0.4, 0.5) is 0 Å². The first-order valence-corrected chi connectivity index (χ1v) is 7.03.